The van der Waals surface area contributed by atoms with E-state index in [0.717, 1.165) is 0 Å². The molecule has 6 nitrogen and oxygen atoms in total. The molecule has 7 heteroatoms. The highest BCUT2D eigenvalue weighted by Gasteiger charge is 2.20. The number of hydrogen-bond donors (Lipinski definition) is 1. The van der Waals surface area contributed by atoms with Gasteiger partial charge in [-0.25, -0.2) is 4.98 Å². The van der Waals surface area contributed by atoms with Crippen molar-refractivity contribution < 1.29 is 14.3 Å². The van der Waals surface area contributed by atoms with Crippen molar-refractivity contribution in [1.29, 1.82) is 0 Å². The number of hydrogen-bond acceptors (Lipinski definition) is 6. The Hall–Kier alpha value is -1.63. The standard InChI is InChI=1S/C10H15N3O3S/c1-6(9(15)16-3)4-13(2)8(14)7-5-17-10(11)12-7/h5-6H,4H2,1-3H3,(H2,11,12). The number of ether oxygens (including phenoxy) is 1. The minimum atomic E-state index is -0.370. The molecule has 94 valence electrons. The summed E-state index contributed by atoms with van der Waals surface area (Å²) in [6.45, 7) is 1.98. The molecule has 1 heterocycles. The van der Waals surface area contributed by atoms with Crippen molar-refractivity contribution in [2.75, 3.05) is 26.4 Å². The van der Waals surface area contributed by atoms with Gasteiger partial charge in [-0.2, -0.15) is 0 Å². The molecule has 17 heavy (non-hydrogen) atoms. The van der Waals surface area contributed by atoms with Crippen LogP contribution in [0.15, 0.2) is 5.38 Å². The van der Waals surface area contributed by atoms with E-state index in [9.17, 15) is 9.59 Å². The lowest BCUT2D eigenvalue weighted by Crippen LogP contribution is -2.34. The van der Waals surface area contributed by atoms with E-state index >= 15 is 0 Å². The zero-order valence-corrected chi connectivity index (χ0v) is 10.8. The molecule has 2 N–H and O–H groups in total. The molecule has 1 aromatic heterocycles. The van der Waals surface area contributed by atoms with E-state index in [4.69, 9.17) is 5.73 Å². The lowest BCUT2D eigenvalue weighted by atomic mass is 10.1. The summed E-state index contributed by atoms with van der Waals surface area (Å²) in [6, 6.07) is 0. The average molecular weight is 257 g/mol. The minimum absolute atomic E-state index is 0.256. The van der Waals surface area contributed by atoms with E-state index in [1.165, 1.54) is 23.3 Å². The van der Waals surface area contributed by atoms with E-state index in [1.807, 2.05) is 0 Å². The molecule has 1 amide bonds. The quantitative estimate of drug-likeness (QED) is 0.799. The predicted molar refractivity (Wildman–Crippen MR) is 64.7 cm³/mol. The second kappa shape index (κ2) is 5.62. The zero-order chi connectivity index (χ0) is 13.0. The van der Waals surface area contributed by atoms with Crippen LogP contribution in [0.5, 0.6) is 0 Å². The topological polar surface area (TPSA) is 85.5 Å². The number of nitrogens with two attached hydrogens (primary N) is 1. The lowest BCUT2D eigenvalue weighted by Gasteiger charge is -2.19. The van der Waals surface area contributed by atoms with Crippen molar-refractivity contribution in [2.24, 2.45) is 5.92 Å². The molecule has 0 bridgehead atoms. The second-order valence-electron chi connectivity index (χ2n) is 3.68. The Labute approximate surface area is 103 Å². The Morgan fingerprint density at radius 3 is 2.76 bits per heavy atom. The van der Waals surface area contributed by atoms with Crippen molar-refractivity contribution in [2.45, 2.75) is 6.92 Å². The van der Waals surface area contributed by atoms with E-state index in [-0.39, 0.29) is 24.3 Å². The third-order valence-electron chi connectivity index (χ3n) is 2.24. The van der Waals surface area contributed by atoms with Gasteiger partial charge in [0.25, 0.3) is 5.91 Å². The molecule has 1 rings (SSSR count). The number of anilines is 1. The van der Waals surface area contributed by atoms with Gasteiger partial charge >= 0.3 is 5.97 Å². The first-order chi connectivity index (χ1) is 7.95. The second-order valence-corrected chi connectivity index (χ2v) is 4.57. The van der Waals surface area contributed by atoms with Gasteiger partial charge in [-0.05, 0) is 0 Å². The number of nitrogens with zero attached hydrogens (tertiary/aromatic N) is 2. The number of carbonyl (C=O) groups is 2. The summed E-state index contributed by atoms with van der Waals surface area (Å²) in [6.07, 6.45) is 0. The Balaban J connectivity index is 2.62. The third-order valence-corrected chi connectivity index (χ3v) is 2.91. The van der Waals surface area contributed by atoms with Crippen LogP contribution in [0.4, 0.5) is 5.13 Å². The normalized spacial score (nSPS) is 11.9. The molecule has 1 aromatic rings. The average Bonchev–Trinajstić information content (AvgIpc) is 2.73. The van der Waals surface area contributed by atoms with Gasteiger partial charge in [-0.15, -0.1) is 11.3 Å². The summed E-state index contributed by atoms with van der Waals surface area (Å²) in [7, 11) is 2.93. The first-order valence-electron chi connectivity index (χ1n) is 5.00. The van der Waals surface area contributed by atoms with Crippen LogP contribution in [0.3, 0.4) is 0 Å². The van der Waals surface area contributed by atoms with Crippen LogP contribution < -0.4 is 5.73 Å². The van der Waals surface area contributed by atoms with E-state index in [0.29, 0.717) is 10.8 Å². The molecular weight excluding hydrogens is 242 g/mol. The summed E-state index contributed by atoms with van der Waals surface area (Å²) < 4.78 is 4.59. The molecule has 0 aliphatic carbocycles. The van der Waals surface area contributed by atoms with Gasteiger partial charge in [0.2, 0.25) is 0 Å². The minimum Gasteiger partial charge on any atom is -0.469 e. The van der Waals surface area contributed by atoms with Crippen LogP contribution in [-0.2, 0) is 9.53 Å². The molecule has 0 spiro atoms. The molecule has 0 aliphatic heterocycles. The predicted octanol–water partition coefficient (Wildman–Crippen LogP) is 0.606. The third kappa shape index (κ3) is 3.42. The van der Waals surface area contributed by atoms with Gasteiger partial charge in [0.05, 0.1) is 13.0 Å². The molecule has 1 atom stereocenters. The molecule has 0 saturated carbocycles. The SMILES string of the molecule is COC(=O)C(C)CN(C)C(=O)c1csc(N)n1. The number of nitrogen functional groups attached to an aromatic ring is 1. The maximum atomic E-state index is 11.9. The fourth-order valence-electron chi connectivity index (χ4n) is 1.35. The summed E-state index contributed by atoms with van der Waals surface area (Å²) in [5.74, 6) is -0.971. The Morgan fingerprint density at radius 2 is 2.29 bits per heavy atom. The number of rotatable bonds is 4. The highest BCUT2D eigenvalue weighted by molar-refractivity contribution is 7.13. The maximum Gasteiger partial charge on any atom is 0.310 e. The number of aromatic nitrogens is 1. The molecule has 0 saturated heterocycles. The monoisotopic (exact) mass is 257 g/mol. The van der Waals surface area contributed by atoms with Crippen molar-refractivity contribution in [3.63, 3.8) is 0 Å². The van der Waals surface area contributed by atoms with Gasteiger partial charge in [0.15, 0.2) is 5.13 Å². The highest BCUT2D eigenvalue weighted by Crippen LogP contribution is 2.13. The fourth-order valence-corrected chi connectivity index (χ4v) is 1.89. The lowest BCUT2D eigenvalue weighted by molar-refractivity contribution is -0.145. The number of esters is 1. The van der Waals surface area contributed by atoms with Gasteiger partial charge in [0, 0.05) is 19.0 Å². The largest absolute Gasteiger partial charge is 0.469 e. The van der Waals surface area contributed by atoms with E-state index < -0.39 is 0 Å². The van der Waals surface area contributed by atoms with Crippen LogP contribution in [0.1, 0.15) is 17.4 Å². The van der Waals surface area contributed by atoms with Gasteiger partial charge in [-0.3, -0.25) is 9.59 Å². The Bertz CT molecular complexity index is 419. The molecule has 1 unspecified atom stereocenters. The molecule has 0 aliphatic rings. The number of methoxy groups -OCH3 is 1. The summed E-state index contributed by atoms with van der Waals surface area (Å²) in [5, 5.41) is 1.94. The highest BCUT2D eigenvalue weighted by atomic mass is 32.1. The summed E-state index contributed by atoms with van der Waals surface area (Å²) >= 11 is 1.21. The van der Waals surface area contributed by atoms with Crippen LogP contribution in [-0.4, -0.2) is 42.5 Å². The first kappa shape index (κ1) is 13.4. The number of carbonyl (C=O) groups excluding carboxylic acids is 2. The number of thiazole rings is 1. The first-order valence-corrected chi connectivity index (χ1v) is 5.88. The summed E-state index contributed by atoms with van der Waals surface area (Å²) in [4.78, 5) is 28.4. The van der Waals surface area contributed by atoms with Crippen molar-refractivity contribution in [3.8, 4) is 0 Å². The van der Waals surface area contributed by atoms with Gasteiger partial charge in [-0.1, -0.05) is 6.92 Å². The van der Waals surface area contributed by atoms with Crippen LogP contribution >= 0.6 is 11.3 Å². The Kier molecular flexibility index (Phi) is 4.45. The zero-order valence-electron chi connectivity index (χ0n) is 9.97. The molecule has 0 radical (unpaired) electrons. The smallest absolute Gasteiger partial charge is 0.310 e. The van der Waals surface area contributed by atoms with Crippen molar-refractivity contribution in [3.05, 3.63) is 11.1 Å². The van der Waals surface area contributed by atoms with E-state index in [2.05, 4.69) is 9.72 Å². The molecule has 0 fully saturated rings. The maximum absolute atomic E-state index is 11.9. The fraction of sp³-hybridized carbons (Fsp3) is 0.500. The summed E-state index contributed by atoms with van der Waals surface area (Å²) in [5.41, 5.74) is 5.75. The van der Waals surface area contributed by atoms with Crippen molar-refractivity contribution in [1.82, 2.24) is 9.88 Å². The van der Waals surface area contributed by atoms with Gasteiger partial charge in [0.1, 0.15) is 5.69 Å². The Morgan fingerprint density at radius 1 is 1.65 bits per heavy atom. The molecular formula is C10H15N3O3S. The van der Waals surface area contributed by atoms with Gasteiger partial charge < -0.3 is 15.4 Å². The van der Waals surface area contributed by atoms with Crippen LogP contribution in [0.2, 0.25) is 0 Å². The molecule has 0 aromatic carbocycles. The van der Waals surface area contributed by atoms with E-state index in [1.54, 1.807) is 19.4 Å². The van der Waals surface area contributed by atoms with Crippen LogP contribution in [0, 0.1) is 5.92 Å². The van der Waals surface area contributed by atoms with Crippen molar-refractivity contribution >= 4 is 28.3 Å². The van der Waals surface area contributed by atoms with Crippen LogP contribution in [0.25, 0.3) is 0 Å². The number of amides is 1.